The highest BCUT2D eigenvalue weighted by Gasteiger charge is 2.18. The zero-order valence-corrected chi connectivity index (χ0v) is 8.88. The van der Waals surface area contributed by atoms with Gasteiger partial charge in [-0.25, -0.2) is 0 Å². The zero-order valence-electron chi connectivity index (χ0n) is 7.30. The Balaban J connectivity index is 3.22. The summed E-state index contributed by atoms with van der Waals surface area (Å²) in [6.07, 6.45) is 1.56. The van der Waals surface area contributed by atoms with E-state index in [1.165, 1.54) is 0 Å². The molecule has 0 saturated carbocycles. The Morgan fingerprint density at radius 1 is 1.58 bits per heavy atom. The van der Waals surface area contributed by atoms with Crippen LogP contribution in [-0.2, 0) is 5.54 Å². The average Bonchev–Trinajstić information content (AvgIpc) is 2.29. The molecule has 0 bridgehead atoms. The van der Waals surface area contributed by atoms with E-state index in [-0.39, 0.29) is 5.54 Å². The summed E-state index contributed by atoms with van der Waals surface area (Å²) in [5.41, 5.74) is 0.485. The topological polar surface area (TPSA) is 41.6 Å². The Morgan fingerprint density at radius 3 is 2.42 bits per heavy atom. The molecule has 0 aromatic carbocycles. The Kier molecular flexibility index (Phi) is 2.25. The van der Waals surface area contributed by atoms with Crippen molar-refractivity contribution in [2.75, 3.05) is 0 Å². The molecule has 0 radical (unpaired) electrons. The molecule has 0 unspecified atom stereocenters. The average molecular weight is 228 g/mol. The van der Waals surface area contributed by atoms with Crippen LogP contribution in [0, 0.1) is 11.3 Å². The molecule has 0 aliphatic heterocycles. The predicted octanol–water partition coefficient (Wildman–Crippen LogP) is 2.27. The monoisotopic (exact) mass is 227 g/mol. The van der Waals surface area contributed by atoms with Crippen molar-refractivity contribution in [1.82, 2.24) is 9.78 Å². The van der Waals surface area contributed by atoms with Gasteiger partial charge in [0.15, 0.2) is 0 Å². The van der Waals surface area contributed by atoms with E-state index in [1.54, 1.807) is 10.9 Å². The van der Waals surface area contributed by atoms with Crippen molar-refractivity contribution in [2.24, 2.45) is 0 Å². The number of hydrogen-bond acceptors (Lipinski definition) is 2. The molecule has 0 spiro atoms. The third kappa shape index (κ3) is 1.51. The number of nitrogens with zero attached hydrogens (tertiary/aromatic N) is 3. The van der Waals surface area contributed by atoms with Gasteiger partial charge in [-0.2, -0.15) is 10.4 Å². The lowest BCUT2D eigenvalue weighted by Crippen LogP contribution is -2.23. The van der Waals surface area contributed by atoms with Gasteiger partial charge in [-0.3, -0.25) is 4.68 Å². The van der Waals surface area contributed by atoms with Crippen molar-refractivity contribution in [3.8, 4) is 6.07 Å². The van der Waals surface area contributed by atoms with Crippen molar-refractivity contribution in [2.45, 2.75) is 26.3 Å². The van der Waals surface area contributed by atoms with Crippen LogP contribution >= 0.6 is 15.9 Å². The molecule has 4 heteroatoms. The Bertz CT molecular complexity index is 327. The Labute approximate surface area is 80.1 Å². The maximum Gasteiger partial charge on any atom is 0.122 e. The molecule has 0 amide bonds. The van der Waals surface area contributed by atoms with Gasteiger partial charge >= 0.3 is 0 Å². The van der Waals surface area contributed by atoms with Gasteiger partial charge in [-0.05, 0) is 36.7 Å². The minimum Gasteiger partial charge on any atom is -0.252 e. The van der Waals surface area contributed by atoms with Gasteiger partial charge in [0.2, 0.25) is 0 Å². The first-order valence-electron chi connectivity index (χ1n) is 3.61. The number of nitriles is 1. The number of aromatic nitrogens is 2. The van der Waals surface area contributed by atoms with Gasteiger partial charge in [-0.15, -0.1) is 0 Å². The summed E-state index contributed by atoms with van der Waals surface area (Å²) >= 11 is 3.33. The lowest BCUT2D eigenvalue weighted by Gasteiger charge is -2.20. The molecule has 0 fully saturated rings. The largest absolute Gasteiger partial charge is 0.252 e. The van der Waals surface area contributed by atoms with Gasteiger partial charge in [0.1, 0.15) is 16.2 Å². The maximum absolute atomic E-state index is 8.66. The molecule has 1 aromatic heterocycles. The smallest absolute Gasteiger partial charge is 0.122 e. The van der Waals surface area contributed by atoms with E-state index in [4.69, 9.17) is 5.26 Å². The van der Waals surface area contributed by atoms with Crippen LogP contribution in [0.2, 0.25) is 0 Å². The van der Waals surface area contributed by atoms with E-state index in [2.05, 4.69) is 27.1 Å². The molecule has 0 atom stereocenters. The van der Waals surface area contributed by atoms with Crippen LogP contribution in [0.5, 0.6) is 0 Å². The fourth-order valence-corrected chi connectivity index (χ4v) is 1.69. The number of rotatable bonds is 0. The molecule has 1 rings (SSSR count). The first-order chi connectivity index (χ1) is 5.46. The molecule has 0 aliphatic rings. The van der Waals surface area contributed by atoms with Gasteiger partial charge in [0.05, 0.1) is 11.7 Å². The van der Waals surface area contributed by atoms with Crippen LogP contribution in [0.15, 0.2) is 10.8 Å². The molecular weight excluding hydrogens is 218 g/mol. The summed E-state index contributed by atoms with van der Waals surface area (Å²) < 4.78 is 2.53. The van der Waals surface area contributed by atoms with Gasteiger partial charge in [0.25, 0.3) is 0 Å². The van der Waals surface area contributed by atoms with Crippen LogP contribution in [0.4, 0.5) is 0 Å². The summed E-state index contributed by atoms with van der Waals surface area (Å²) in [6, 6.07) is 2.06. The summed E-state index contributed by atoms with van der Waals surface area (Å²) in [7, 11) is 0. The Morgan fingerprint density at radius 2 is 2.17 bits per heavy atom. The fraction of sp³-hybridized carbons (Fsp3) is 0.500. The van der Waals surface area contributed by atoms with Crippen molar-refractivity contribution in [3.63, 3.8) is 0 Å². The molecule has 3 nitrogen and oxygen atoms in total. The normalized spacial score (nSPS) is 11.2. The highest BCUT2D eigenvalue weighted by molar-refractivity contribution is 9.10. The second kappa shape index (κ2) is 2.91. The Hall–Kier alpha value is -0.820. The van der Waals surface area contributed by atoms with E-state index >= 15 is 0 Å². The van der Waals surface area contributed by atoms with Gasteiger partial charge < -0.3 is 0 Å². The first kappa shape index (κ1) is 9.27. The van der Waals surface area contributed by atoms with Crippen LogP contribution in [-0.4, -0.2) is 9.78 Å². The second-order valence-corrected chi connectivity index (χ2v) is 4.29. The zero-order chi connectivity index (χ0) is 9.35. The van der Waals surface area contributed by atoms with E-state index in [1.807, 2.05) is 20.8 Å². The lowest BCUT2D eigenvalue weighted by atomic mass is 10.1. The lowest BCUT2D eigenvalue weighted by molar-refractivity contribution is 0.348. The summed E-state index contributed by atoms with van der Waals surface area (Å²) in [5.74, 6) is 0. The molecule has 0 saturated heterocycles. The molecule has 64 valence electrons. The van der Waals surface area contributed by atoms with E-state index in [0.717, 1.165) is 4.60 Å². The molecule has 1 aromatic rings. The van der Waals surface area contributed by atoms with Crippen molar-refractivity contribution in [1.29, 1.82) is 5.26 Å². The van der Waals surface area contributed by atoms with Gasteiger partial charge in [0, 0.05) is 0 Å². The minimum atomic E-state index is -0.0894. The van der Waals surface area contributed by atoms with Crippen molar-refractivity contribution < 1.29 is 0 Å². The summed E-state index contributed by atoms with van der Waals surface area (Å²) in [6.45, 7) is 6.10. The number of hydrogen-bond donors (Lipinski definition) is 0. The SMILES string of the molecule is CC(C)(C)n1ncc(C#N)c1Br. The highest BCUT2D eigenvalue weighted by Crippen LogP contribution is 2.22. The third-order valence-corrected chi connectivity index (χ3v) is 2.23. The standard InChI is InChI=1S/C8H10BrN3/c1-8(2,3)12-7(9)6(4-10)5-11-12/h5H,1-3H3. The van der Waals surface area contributed by atoms with Crippen LogP contribution in [0.1, 0.15) is 26.3 Å². The first-order valence-corrected chi connectivity index (χ1v) is 4.40. The minimum absolute atomic E-state index is 0.0894. The maximum atomic E-state index is 8.66. The van der Waals surface area contributed by atoms with E-state index in [9.17, 15) is 0 Å². The second-order valence-electron chi connectivity index (χ2n) is 3.54. The predicted molar refractivity (Wildman–Crippen MR) is 49.6 cm³/mol. The van der Waals surface area contributed by atoms with Crippen LogP contribution in [0.25, 0.3) is 0 Å². The van der Waals surface area contributed by atoms with E-state index < -0.39 is 0 Å². The summed E-state index contributed by atoms with van der Waals surface area (Å²) in [4.78, 5) is 0. The third-order valence-electron chi connectivity index (χ3n) is 1.47. The molecule has 0 aliphatic carbocycles. The number of halogens is 1. The molecular formula is C8H10BrN3. The van der Waals surface area contributed by atoms with Crippen molar-refractivity contribution in [3.05, 3.63) is 16.4 Å². The van der Waals surface area contributed by atoms with Crippen LogP contribution in [0.3, 0.4) is 0 Å². The fourth-order valence-electron chi connectivity index (χ4n) is 0.876. The summed E-state index contributed by atoms with van der Waals surface area (Å²) in [5, 5.41) is 12.8. The molecule has 0 N–H and O–H groups in total. The van der Waals surface area contributed by atoms with E-state index in [0.29, 0.717) is 5.56 Å². The highest BCUT2D eigenvalue weighted by atomic mass is 79.9. The molecule has 1 heterocycles. The van der Waals surface area contributed by atoms with Crippen molar-refractivity contribution >= 4 is 15.9 Å². The van der Waals surface area contributed by atoms with Crippen LogP contribution < -0.4 is 0 Å². The quantitative estimate of drug-likeness (QED) is 0.683. The molecule has 12 heavy (non-hydrogen) atoms. The van der Waals surface area contributed by atoms with Gasteiger partial charge in [-0.1, -0.05) is 0 Å².